The van der Waals surface area contributed by atoms with Gasteiger partial charge in [0, 0.05) is 31.1 Å². The van der Waals surface area contributed by atoms with E-state index in [2.05, 4.69) is 11.9 Å². The molecule has 3 fully saturated rings. The van der Waals surface area contributed by atoms with E-state index in [1.807, 2.05) is 18.2 Å². The number of likely N-dealkylation sites (tertiary alicyclic amines) is 1. The minimum Gasteiger partial charge on any atom is -0.375 e. The number of nitrogens with zero attached hydrogens (tertiary/aromatic N) is 2. The monoisotopic (exact) mass is 364 g/mol. The third kappa shape index (κ3) is 2.87. The molecule has 1 aromatic rings. The molecule has 0 aromatic carbocycles. The zero-order valence-electron chi connectivity index (χ0n) is 14.4. The number of rotatable bonds is 5. The van der Waals surface area contributed by atoms with Gasteiger partial charge in [0.15, 0.2) is 9.84 Å². The summed E-state index contributed by atoms with van der Waals surface area (Å²) < 4.78 is 30.2. The number of amides is 1. The number of ether oxygens (including phenoxy) is 1. The molecular weight excluding hydrogens is 340 g/mol. The van der Waals surface area contributed by atoms with E-state index >= 15 is 0 Å². The number of carbonyl (C=O) groups is 1. The van der Waals surface area contributed by atoms with Crippen LogP contribution in [0.2, 0.25) is 0 Å². The second kappa shape index (κ2) is 6.06. The topological polar surface area (TPSA) is 76.6 Å². The fourth-order valence-electron chi connectivity index (χ4n) is 4.15. The number of hydrogen-bond donors (Lipinski definition) is 0. The maximum absolute atomic E-state index is 12.6. The Morgan fingerprint density at radius 3 is 2.80 bits per heavy atom. The predicted molar refractivity (Wildman–Crippen MR) is 92.4 cm³/mol. The van der Waals surface area contributed by atoms with Gasteiger partial charge in [-0.2, -0.15) is 0 Å². The fourth-order valence-corrected chi connectivity index (χ4v) is 6.55. The molecule has 2 aliphatic heterocycles. The lowest BCUT2D eigenvalue weighted by Crippen LogP contribution is -2.69. The number of aromatic nitrogens is 1. The van der Waals surface area contributed by atoms with Crippen molar-refractivity contribution in [3.8, 4) is 0 Å². The van der Waals surface area contributed by atoms with Crippen LogP contribution in [-0.4, -0.2) is 54.4 Å². The van der Waals surface area contributed by atoms with Gasteiger partial charge in [0.1, 0.15) is 4.75 Å². The van der Waals surface area contributed by atoms with Gasteiger partial charge in [0.05, 0.1) is 24.7 Å². The van der Waals surface area contributed by atoms with Gasteiger partial charge in [-0.15, -0.1) is 0 Å². The molecule has 136 valence electrons. The largest absolute Gasteiger partial charge is 0.375 e. The molecule has 0 N–H and O–H groups in total. The predicted octanol–water partition coefficient (Wildman–Crippen LogP) is 1.27. The van der Waals surface area contributed by atoms with Crippen LogP contribution in [0.15, 0.2) is 24.4 Å². The molecule has 1 spiro atoms. The summed E-state index contributed by atoms with van der Waals surface area (Å²) in [5, 5.41) is 0. The van der Waals surface area contributed by atoms with E-state index < -0.39 is 14.6 Å². The van der Waals surface area contributed by atoms with Gasteiger partial charge >= 0.3 is 0 Å². The zero-order chi connectivity index (χ0) is 17.7. The van der Waals surface area contributed by atoms with Gasteiger partial charge < -0.3 is 9.64 Å². The van der Waals surface area contributed by atoms with Crippen LogP contribution in [0.3, 0.4) is 0 Å². The van der Waals surface area contributed by atoms with Crippen molar-refractivity contribution in [2.75, 3.05) is 25.4 Å². The molecule has 4 rings (SSSR count). The lowest BCUT2D eigenvalue weighted by atomic mass is 9.83. The van der Waals surface area contributed by atoms with Crippen LogP contribution in [-0.2, 0) is 26.0 Å². The second-order valence-corrected chi connectivity index (χ2v) is 10.2. The van der Waals surface area contributed by atoms with Crippen LogP contribution >= 0.6 is 0 Å². The van der Waals surface area contributed by atoms with E-state index in [0.717, 1.165) is 12.1 Å². The fraction of sp³-hybridized carbons (Fsp3) is 0.667. The van der Waals surface area contributed by atoms with Gasteiger partial charge in [0.25, 0.3) is 0 Å². The van der Waals surface area contributed by atoms with Crippen molar-refractivity contribution in [1.82, 2.24) is 9.88 Å². The maximum atomic E-state index is 12.6. The van der Waals surface area contributed by atoms with Crippen molar-refractivity contribution in [2.24, 2.45) is 17.8 Å². The second-order valence-electron chi connectivity index (χ2n) is 7.72. The SMILES string of the molecule is C[C@@H]1C[C@H]1C(=O)N1CC2(C1)[C@@H](COCc1ccccn1)CCS2(=O)=O. The molecule has 25 heavy (non-hydrogen) atoms. The Kier molecular flexibility index (Phi) is 4.11. The average molecular weight is 364 g/mol. The smallest absolute Gasteiger partial charge is 0.226 e. The molecule has 1 amide bonds. The lowest BCUT2D eigenvalue weighted by molar-refractivity contribution is -0.139. The molecule has 0 bridgehead atoms. The number of pyridine rings is 1. The summed E-state index contributed by atoms with van der Waals surface area (Å²) in [6.07, 6.45) is 3.27. The highest BCUT2D eigenvalue weighted by atomic mass is 32.2. The minimum atomic E-state index is -3.17. The van der Waals surface area contributed by atoms with E-state index in [-0.39, 0.29) is 23.5 Å². The molecule has 2 saturated heterocycles. The molecule has 0 radical (unpaired) electrons. The molecule has 3 atom stereocenters. The van der Waals surface area contributed by atoms with Crippen molar-refractivity contribution in [3.05, 3.63) is 30.1 Å². The van der Waals surface area contributed by atoms with E-state index in [9.17, 15) is 13.2 Å². The van der Waals surface area contributed by atoms with Crippen molar-refractivity contribution >= 4 is 15.7 Å². The molecule has 6 nitrogen and oxygen atoms in total. The van der Waals surface area contributed by atoms with E-state index in [4.69, 9.17) is 4.74 Å². The Morgan fingerprint density at radius 2 is 2.16 bits per heavy atom. The normalized spacial score (nSPS) is 31.7. The Labute approximate surface area is 148 Å². The Morgan fingerprint density at radius 1 is 1.40 bits per heavy atom. The molecule has 1 saturated carbocycles. The van der Waals surface area contributed by atoms with Crippen LogP contribution in [0.25, 0.3) is 0 Å². The van der Waals surface area contributed by atoms with Crippen LogP contribution in [0.5, 0.6) is 0 Å². The van der Waals surface area contributed by atoms with Crippen LogP contribution < -0.4 is 0 Å². The van der Waals surface area contributed by atoms with Gasteiger partial charge in [0.2, 0.25) is 5.91 Å². The van der Waals surface area contributed by atoms with Crippen LogP contribution in [0, 0.1) is 17.8 Å². The minimum absolute atomic E-state index is 0.0399. The van der Waals surface area contributed by atoms with Crippen molar-refractivity contribution in [2.45, 2.75) is 31.1 Å². The van der Waals surface area contributed by atoms with Crippen molar-refractivity contribution in [3.63, 3.8) is 0 Å². The molecule has 1 aromatic heterocycles. The summed E-state index contributed by atoms with van der Waals surface area (Å²) in [4.78, 5) is 18.3. The standard InChI is InChI=1S/C18H24N2O4S/c1-13-8-16(13)17(21)20-11-18(12-20)14(5-7-25(18,22)23)9-24-10-15-4-2-3-6-19-15/h2-4,6,13-14,16H,5,7-12H2,1H3/t13-,14-,16-/m1/s1. The third-order valence-electron chi connectivity index (χ3n) is 6.05. The van der Waals surface area contributed by atoms with Crippen molar-refractivity contribution in [1.29, 1.82) is 0 Å². The van der Waals surface area contributed by atoms with Crippen LogP contribution in [0.4, 0.5) is 0 Å². The van der Waals surface area contributed by atoms with Crippen LogP contribution in [0.1, 0.15) is 25.5 Å². The lowest BCUT2D eigenvalue weighted by Gasteiger charge is -2.50. The Bertz CT molecular complexity index is 759. The highest BCUT2D eigenvalue weighted by Crippen LogP contribution is 2.47. The number of hydrogen-bond acceptors (Lipinski definition) is 5. The molecular formula is C18H24N2O4S. The number of carbonyl (C=O) groups excluding carboxylic acids is 1. The first-order valence-corrected chi connectivity index (χ1v) is 10.6. The van der Waals surface area contributed by atoms with E-state index in [1.165, 1.54) is 0 Å². The van der Waals surface area contributed by atoms with E-state index in [0.29, 0.717) is 38.6 Å². The summed E-state index contributed by atoms with van der Waals surface area (Å²) in [7, 11) is -3.17. The Balaban J connectivity index is 1.38. The van der Waals surface area contributed by atoms with Gasteiger partial charge in [-0.3, -0.25) is 9.78 Å². The summed E-state index contributed by atoms with van der Waals surface area (Å²) in [6, 6.07) is 5.64. The molecule has 0 unspecified atom stereocenters. The van der Waals surface area contributed by atoms with Gasteiger partial charge in [-0.1, -0.05) is 13.0 Å². The summed E-state index contributed by atoms with van der Waals surface area (Å²) >= 11 is 0. The zero-order valence-corrected chi connectivity index (χ0v) is 15.2. The Hall–Kier alpha value is -1.47. The first kappa shape index (κ1) is 17.0. The summed E-state index contributed by atoms with van der Waals surface area (Å²) in [6.45, 7) is 3.54. The van der Waals surface area contributed by atoms with Gasteiger partial charge in [-0.05, 0) is 30.9 Å². The average Bonchev–Trinajstić information content (AvgIpc) is 3.21. The first-order chi connectivity index (χ1) is 11.9. The van der Waals surface area contributed by atoms with E-state index in [1.54, 1.807) is 11.1 Å². The highest BCUT2D eigenvalue weighted by Gasteiger charge is 2.63. The molecule has 3 aliphatic rings. The quantitative estimate of drug-likeness (QED) is 0.786. The highest BCUT2D eigenvalue weighted by molar-refractivity contribution is 7.93. The molecule has 7 heteroatoms. The van der Waals surface area contributed by atoms with Crippen molar-refractivity contribution < 1.29 is 17.9 Å². The molecule has 1 aliphatic carbocycles. The number of sulfone groups is 1. The molecule has 3 heterocycles. The van der Waals surface area contributed by atoms with Gasteiger partial charge in [-0.25, -0.2) is 8.42 Å². The summed E-state index contributed by atoms with van der Waals surface area (Å²) in [5.74, 6) is 0.851. The maximum Gasteiger partial charge on any atom is 0.226 e. The summed E-state index contributed by atoms with van der Waals surface area (Å²) in [5.41, 5.74) is 0.838. The first-order valence-electron chi connectivity index (χ1n) is 8.92. The third-order valence-corrected chi connectivity index (χ3v) is 8.65.